The summed E-state index contributed by atoms with van der Waals surface area (Å²) in [5, 5.41) is 3.22. The van der Waals surface area contributed by atoms with E-state index in [1.807, 2.05) is 6.07 Å². The fraction of sp³-hybridized carbons (Fsp3) is 0.636. The highest BCUT2D eigenvalue weighted by atomic mass is 15.3. The second-order valence-electron chi connectivity index (χ2n) is 4.68. The van der Waals surface area contributed by atoms with Crippen LogP contribution in [0.4, 0.5) is 11.8 Å². The molecule has 16 heavy (non-hydrogen) atoms. The Morgan fingerprint density at radius 2 is 2.31 bits per heavy atom. The lowest BCUT2D eigenvalue weighted by molar-refractivity contribution is 0.514. The first kappa shape index (κ1) is 11.1. The van der Waals surface area contributed by atoms with Crippen LogP contribution < -0.4 is 16.0 Å². The van der Waals surface area contributed by atoms with Gasteiger partial charge in [-0.05, 0) is 12.0 Å². The average molecular weight is 221 g/mol. The minimum absolute atomic E-state index is 0.294. The lowest BCUT2D eigenvalue weighted by atomic mass is 10.1. The molecular formula is C11H19N5. The van der Waals surface area contributed by atoms with Crippen LogP contribution in [0.5, 0.6) is 0 Å². The first-order valence-electron chi connectivity index (χ1n) is 5.72. The molecule has 3 N–H and O–H groups in total. The van der Waals surface area contributed by atoms with Gasteiger partial charge in [0.15, 0.2) is 0 Å². The number of nitrogens with zero attached hydrogens (tertiary/aromatic N) is 3. The van der Waals surface area contributed by atoms with Crippen molar-refractivity contribution in [3.63, 3.8) is 0 Å². The zero-order valence-corrected chi connectivity index (χ0v) is 9.85. The third-order valence-corrected chi connectivity index (χ3v) is 2.54. The maximum absolute atomic E-state index is 5.74. The maximum atomic E-state index is 5.74. The van der Waals surface area contributed by atoms with Crippen molar-refractivity contribution in [2.24, 2.45) is 11.7 Å². The van der Waals surface area contributed by atoms with E-state index in [9.17, 15) is 0 Å². The lowest BCUT2D eigenvalue weighted by Crippen LogP contribution is -2.56. The molecule has 1 aromatic rings. The van der Waals surface area contributed by atoms with E-state index in [1.54, 1.807) is 6.20 Å². The van der Waals surface area contributed by atoms with Gasteiger partial charge in [-0.1, -0.05) is 13.8 Å². The SMILES string of the molecule is CC(C)CNc1nccc(N2CC(N)C2)n1. The summed E-state index contributed by atoms with van der Waals surface area (Å²) in [5.41, 5.74) is 5.74. The molecule has 0 unspecified atom stereocenters. The van der Waals surface area contributed by atoms with Crippen molar-refractivity contribution in [1.29, 1.82) is 0 Å². The van der Waals surface area contributed by atoms with Crippen molar-refractivity contribution in [2.75, 3.05) is 29.9 Å². The van der Waals surface area contributed by atoms with Crippen molar-refractivity contribution >= 4 is 11.8 Å². The Balaban J connectivity index is 1.96. The van der Waals surface area contributed by atoms with Crippen molar-refractivity contribution in [1.82, 2.24) is 9.97 Å². The average Bonchev–Trinajstić information content (AvgIpc) is 2.22. The number of hydrogen-bond donors (Lipinski definition) is 2. The fourth-order valence-corrected chi connectivity index (χ4v) is 1.61. The third kappa shape index (κ3) is 2.61. The molecule has 0 aliphatic carbocycles. The van der Waals surface area contributed by atoms with Gasteiger partial charge < -0.3 is 16.0 Å². The number of nitrogens with two attached hydrogens (primary N) is 1. The van der Waals surface area contributed by atoms with Gasteiger partial charge in [0.2, 0.25) is 5.95 Å². The number of rotatable bonds is 4. The Kier molecular flexibility index (Phi) is 3.24. The summed E-state index contributed by atoms with van der Waals surface area (Å²) in [6.45, 7) is 6.99. The van der Waals surface area contributed by atoms with Gasteiger partial charge >= 0.3 is 0 Å². The van der Waals surface area contributed by atoms with Gasteiger partial charge in [0, 0.05) is 31.9 Å². The molecule has 1 saturated heterocycles. The molecule has 0 amide bonds. The van der Waals surface area contributed by atoms with E-state index >= 15 is 0 Å². The Morgan fingerprint density at radius 3 is 2.94 bits per heavy atom. The van der Waals surface area contributed by atoms with Crippen LogP contribution in [-0.2, 0) is 0 Å². The van der Waals surface area contributed by atoms with Gasteiger partial charge in [-0.3, -0.25) is 0 Å². The van der Waals surface area contributed by atoms with Gasteiger partial charge in [0.05, 0.1) is 0 Å². The van der Waals surface area contributed by atoms with Crippen LogP contribution in [0.2, 0.25) is 0 Å². The molecule has 2 heterocycles. The summed E-state index contributed by atoms with van der Waals surface area (Å²) in [6, 6.07) is 2.22. The standard InChI is InChI=1S/C11H19N5/c1-8(2)5-14-11-13-4-3-10(15-11)16-6-9(12)7-16/h3-4,8-9H,5-7,12H2,1-2H3,(H,13,14,15). The van der Waals surface area contributed by atoms with E-state index in [0.717, 1.165) is 25.5 Å². The van der Waals surface area contributed by atoms with E-state index in [-0.39, 0.29) is 0 Å². The number of aromatic nitrogens is 2. The molecule has 1 fully saturated rings. The van der Waals surface area contributed by atoms with Crippen LogP contribution in [0, 0.1) is 5.92 Å². The highest BCUT2D eigenvalue weighted by Crippen LogP contribution is 2.17. The third-order valence-electron chi connectivity index (χ3n) is 2.54. The van der Waals surface area contributed by atoms with Gasteiger partial charge in [-0.15, -0.1) is 0 Å². The first-order chi connectivity index (χ1) is 7.65. The highest BCUT2D eigenvalue weighted by molar-refractivity contribution is 5.45. The van der Waals surface area contributed by atoms with Crippen molar-refractivity contribution in [3.05, 3.63) is 12.3 Å². The molecule has 0 atom stereocenters. The van der Waals surface area contributed by atoms with E-state index in [1.165, 1.54) is 0 Å². The summed E-state index contributed by atoms with van der Waals surface area (Å²) < 4.78 is 0. The van der Waals surface area contributed by atoms with Crippen molar-refractivity contribution in [3.8, 4) is 0 Å². The summed E-state index contributed by atoms with van der Waals surface area (Å²) in [7, 11) is 0. The minimum atomic E-state index is 0.294. The topological polar surface area (TPSA) is 67.1 Å². The summed E-state index contributed by atoms with van der Waals surface area (Å²) in [6.07, 6.45) is 1.79. The Morgan fingerprint density at radius 1 is 1.56 bits per heavy atom. The summed E-state index contributed by atoms with van der Waals surface area (Å²) >= 11 is 0. The predicted molar refractivity (Wildman–Crippen MR) is 65.5 cm³/mol. The second-order valence-corrected chi connectivity index (χ2v) is 4.68. The van der Waals surface area contributed by atoms with Crippen LogP contribution in [0.1, 0.15) is 13.8 Å². The molecule has 0 saturated carbocycles. The lowest BCUT2D eigenvalue weighted by Gasteiger charge is -2.37. The van der Waals surface area contributed by atoms with Gasteiger partial charge in [-0.2, -0.15) is 4.98 Å². The zero-order valence-electron chi connectivity index (χ0n) is 9.85. The Bertz CT molecular complexity index is 346. The summed E-state index contributed by atoms with van der Waals surface area (Å²) in [4.78, 5) is 10.8. The van der Waals surface area contributed by atoms with Gasteiger partial charge in [0.1, 0.15) is 5.82 Å². The molecule has 1 aliphatic rings. The Hall–Kier alpha value is -1.36. The van der Waals surface area contributed by atoms with E-state index < -0.39 is 0 Å². The van der Waals surface area contributed by atoms with E-state index in [0.29, 0.717) is 17.9 Å². The normalized spacial score (nSPS) is 16.4. The molecule has 0 aromatic carbocycles. The second kappa shape index (κ2) is 4.65. The molecule has 0 radical (unpaired) electrons. The van der Waals surface area contributed by atoms with Crippen LogP contribution in [-0.4, -0.2) is 35.6 Å². The minimum Gasteiger partial charge on any atom is -0.354 e. The molecule has 5 nitrogen and oxygen atoms in total. The number of nitrogens with one attached hydrogen (secondary N) is 1. The molecule has 1 aliphatic heterocycles. The first-order valence-corrected chi connectivity index (χ1v) is 5.72. The molecule has 5 heteroatoms. The molecular weight excluding hydrogens is 202 g/mol. The molecule has 1 aromatic heterocycles. The molecule has 88 valence electrons. The number of anilines is 2. The monoisotopic (exact) mass is 221 g/mol. The van der Waals surface area contributed by atoms with E-state index in [4.69, 9.17) is 5.73 Å². The molecule has 2 rings (SSSR count). The quantitative estimate of drug-likeness (QED) is 0.783. The predicted octanol–water partition coefficient (Wildman–Crippen LogP) is 0.692. The highest BCUT2D eigenvalue weighted by Gasteiger charge is 2.24. The van der Waals surface area contributed by atoms with Crippen molar-refractivity contribution in [2.45, 2.75) is 19.9 Å². The smallest absolute Gasteiger partial charge is 0.224 e. The van der Waals surface area contributed by atoms with Crippen LogP contribution in [0.15, 0.2) is 12.3 Å². The molecule has 0 spiro atoms. The van der Waals surface area contributed by atoms with Crippen molar-refractivity contribution < 1.29 is 0 Å². The Labute approximate surface area is 96.1 Å². The van der Waals surface area contributed by atoms with Crippen LogP contribution in [0.25, 0.3) is 0 Å². The maximum Gasteiger partial charge on any atom is 0.224 e. The fourth-order valence-electron chi connectivity index (χ4n) is 1.61. The number of hydrogen-bond acceptors (Lipinski definition) is 5. The zero-order chi connectivity index (χ0) is 11.5. The largest absolute Gasteiger partial charge is 0.354 e. The van der Waals surface area contributed by atoms with Crippen LogP contribution in [0.3, 0.4) is 0 Å². The summed E-state index contributed by atoms with van der Waals surface area (Å²) in [5.74, 6) is 2.25. The van der Waals surface area contributed by atoms with E-state index in [2.05, 4.69) is 34.0 Å². The van der Waals surface area contributed by atoms with Gasteiger partial charge in [-0.25, -0.2) is 4.98 Å². The van der Waals surface area contributed by atoms with Crippen LogP contribution >= 0.6 is 0 Å². The van der Waals surface area contributed by atoms with Gasteiger partial charge in [0.25, 0.3) is 0 Å². The molecule has 0 bridgehead atoms.